The minimum absolute atomic E-state index is 0.0478. The third kappa shape index (κ3) is 6.52. The number of aromatic hydroxyl groups is 1. The molecule has 0 atom stereocenters. The van der Waals surface area contributed by atoms with E-state index in [4.69, 9.17) is 4.74 Å². The molecule has 6 nitrogen and oxygen atoms in total. The highest BCUT2D eigenvalue weighted by atomic mass is 19.1. The fourth-order valence-corrected chi connectivity index (χ4v) is 3.20. The Morgan fingerprint density at radius 1 is 1.09 bits per heavy atom. The number of hydrogen-bond donors (Lipinski definition) is 3. The van der Waals surface area contributed by atoms with E-state index in [1.54, 1.807) is 6.07 Å². The maximum atomic E-state index is 13.9. The van der Waals surface area contributed by atoms with Gasteiger partial charge in [-0.3, -0.25) is 4.79 Å². The lowest BCUT2D eigenvalue weighted by molar-refractivity contribution is -0.114. The van der Waals surface area contributed by atoms with Crippen molar-refractivity contribution in [1.29, 1.82) is 0 Å². The number of hydrogen-bond acceptors (Lipinski definition) is 5. The molecule has 1 aromatic heterocycles. The zero-order chi connectivity index (χ0) is 23.1. The molecule has 3 N–H and O–H groups in total. The Hall–Kier alpha value is -3.45. The van der Waals surface area contributed by atoms with E-state index in [0.29, 0.717) is 35.9 Å². The number of carbonyl (C=O) groups is 1. The largest absolute Gasteiger partial charge is 0.507 e. The van der Waals surface area contributed by atoms with Crippen LogP contribution in [0, 0.1) is 5.82 Å². The maximum Gasteiger partial charge on any atom is 0.221 e. The van der Waals surface area contributed by atoms with E-state index in [1.165, 1.54) is 25.1 Å². The van der Waals surface area contributed by atoms with Gasteiger partial charge in [0, 0.05) is 31.3 Å². The second kappa shape index (κ2) is 10.7. The smallest absolute Gasteiger partial charge is 0.221 e. The van der Waals surface area contributed by atoms with Crippen LogP contribution in [0.3, 0.4) is 0 Å². The first-order valence-electron chi connectivity index (χ1n) is 10.6. The molecule has 1 amide bonds. The van der Waals surface area contributed by atoms with Crippen molar-refractivity contribution in [3.05, 3.63) is 60.4 Å². The molecule has 2 aromatic carbocycles. The molecule has 0 aliphatic heterocycles. The molecule has 0 spiro atoms. The van der Waals surface area contributed by atoms with Crippen molar-refractivity contribution in [2.24, 2.45) is 0 Å². The Morgan fingerprint density at radius 2 is 1.84 bits per heavy atom. The van der Waals surface area contributed by atoms with E-state index in [9.17, 15) is 14.3 Å². The summed E-state index contributed by atoms with van der Waals surface area (Å²) in [5, 5.41) is 16.3. The number of benzene rings is 2. The Labute approximate surface area is 187 Å². The average molecular weight is 438 g/mol. The summed E-state index contributed by atoms with van der Waals surface area (Å²) in [6.07, 6.45) is 0.982. The van der Waals surface area contributed by atoms with E-state index >= 15 is 0 Å². The SMILES string of the molecule is CC(=O)Nc1ccc(-c2cc(NCCCOC(C)C)nc(-c3cc(F)ccc3O)c2)cc1. The molecule has 0 saturated carbocycles. The van der Waals surface area contributed by atoms with Crippen LogP contribution in [-0.4, -0.2) is 35.3 Å². The standard InChI is InChI=1S/C25H28FN3O3/c1-16(2)32-12-4-11-27-25-14-19(18-5-8-21(9-6-18)28-17(3)30)13-23(29-25)22-15-20(26)7-10-24(22)31/h5-10,13-16,31H,4,11-12H2,1-3H3,(H,27,29)(H,28,30). The van der Waals surface area contributed by atoms with Crippen LogP contribution in [0.4, 0.5) is 15.9 Å². The highest BCUT2D eigenvalue weighted by Gasteiger charge is 2.12. The van der Waals surface area contributed by atoms with Crippen LogP contribution >= 0.6 is 0 Å². The summed E-state index contributed by atoms with van der Waals surface area (Å²) in [5.74, 6) is -0.0338. The Kier molecular flexibility index (Phi) is 7.78. The van der Waals surface area contributed by atoms with Gasteiger partial charge < -0.3 is 20.5 Å². The highest BCUT2D eigenvalue weighted by Crippen LogP contribution is 2.33. The third-order valence-electron chi connectivity index (χ3n) is 4.68. The van der Waals surface area contributed by atoms with Crippen molar-refractivity contribution in [3.8, 4) is 28.1 Å². The van der Waals surface area contributed by atoms with Gasteiger partial charge in [0.15, 0.2) is 0 Å². The van der Waals surface area contributed by atoms with Crippen molar-refractivity contribution in [2.75, 3.05) is 23.8 Å². The first kappa shape index (κ1) is 23.2. The Balaban J connectivity index is 1.91. The molecule has 168 valence electrons. The summed E-state index contributed by atoms with van der Waals surface area (Å²) in [4.78, 5) is 15.9. The van der Waals surface area contributed by atoms with Gasteiger partial charge in [-0.05, 0) is 73.9 Å². The van der Waals surface area contributed by atoms with Crippen LogP contribution in [-0.2, 0) is 9.53 Å². The number of anilines is 2. The highest BCUT2D eigenvalue weighted by molar-refractivity contribution is 5.89. The normalized spacial score (nSPS) is 10.9. The molecule has 7 heteroatoms. The van der Waals surface area contributed by atoms with E-state index in [-0.39, 0.29) is 17.8 Å². The van der Waals surface area contributed by atoms with Gasteiger partial charge in [0.05, 0.1) is 11.8 Å². The fourth-order valence-electron chi connectivity index (χ4n) is 3.20. The number of halogens is 1. The van der Waals surface area contributed by atoms with Crippen molar-refractivity contribution in [1.82, 2.24) is 4.98 Å². The number of ether oxygens (including phenoxy) is 1. The molecule has 0 bridgehead atoms. The lowest BCUT2D eigenvalue weighted by Crippen LogP contribution is -2.10. The van der Waals surface area contributed by atoms with Gasteiger partial charge in [-0.1, -0.05) is 12.1 Å². The zero-order valence-corrected chi connectivity index (χ0v) is 18.5. The number of aromatic nitrogens is 1. The minimum Gasteiger partial charge on any atom is -0.507 e. The van der Waals surface area contributed by atoms with Crippen LogP contribution in [0.1, 0.15) is 27.2 Å². The molecule has 32 heavy (non-hydrogen) atoms. The third-order valence-corrected chi connectivity index (χ3v) is 4.68. The molecule has 1 heterocycles. The molecule has 3 aromatic rings. The summed E-state index contributed by atoms with van der Waals surface area (Å²) in [7, 11) is 0. The van der Waals surface area contributed by atoms with Gasteiger partial charge in [-0.25, -0.2) is 9.37 Å². The Bertz CT molecular complexity index is 1070. The van der Waals surface area contributed by atoms with Crippen molar-refractivity contribution in [3.63, 3.8) is 0 Å². The number of pyridine rings is 1. The summed E-state index contributed by atoms with van der Waals surface area (Å²) in [6, 6.07) is 14.9. The van der Waals surface area contributed by atoms with E-state index < -0.39 is 5.82 Å². The van der Waals surface area contributed by atoms with Crippen molar-refractivity contribution in [2.45, 2.75) is 33.3 Å². The van der Waals surface area contributed by atoms with Gasteiger partial charge in [-0.15, -0.1) is 0 Å². The van der Waals surface area contributed by atoms with Gasteiger partial charge in [0.25, 0.3) is 0 Å². The van der Waals surface area contributed by atoms with Crippen LogP contribution < -0.4 is 10.6 Å². The van der Waals surface area contributed by atoms with Crippen LogP contribution in [0.15, 0.2) is 54.6 Å². The van der Waals surface area contributed by atoms with Gasteiger partial charge in [-0.2, -0.15) is 0 Å². The molecular formula is C25H28FN3O3. The lowest BCUT2D eigenvalue weighted by atomic mass is 10.0. The molecule has 0 saturated heterocycles. The zero-order valence-electron chi connectivity index (χ0n) is 18.5. The molecule has 0 radical (unpaired) electrons. The Morgan fingerprint density at radius 3 is 2.53 bits per heavy atom. The van der Waals surface area contributed by atoms with Crippen LogP contribution in [0.2, 0.25) is 0 Å². The maximum absolute atomic E-state index is 13.9. The number of phenolic OH excluding ortho intramolecular Hbond substituents is 1. The molecule has 0 unspecified atom stereocenters. The van der Waals surface area contributed by atoms with E-state index in [2.05, 4.69) is 15.6 Å². The number of nitrogens with zero attached hydrogens (tertiary/aromatic N) is 1. The van der Waals surface area contributed by atoms with Crippen LogP contribution in [0.25, 0.3) is 22.4 Å². The quantitative estimate of drug-likeness (QED) is 0.388. The number of carbonyl (C=O) groups excluding carboxylic acids is 1. The van der Waals surface area contributed by atoms with E-state index in [0.717, 1.165) is 17.5 Å². The summed E-state index contributed by atoms with van der Waals surface area (Å²) in [5.41, 5.74) is 3.19. The molecule has 0 aliphatic rings. The predicted octanol–water partition coefficient (Wildman–Crippen LogP) is 5.45. The monoisotopic (exact) mass is 437 g/mol. The minimum atomic E-state index is -0.454. The predicted molar refractivity (Wildman–Crippen MR) is 125 cm³/mol. The average Bonchev–Trinajstić information content (AvgIpc) is 2.75. The lowest BCUT2D eigenvalue weighted by Gasteiger charge is -2.13. The molecule has 0 aliphatic carbocycles. The topological polar surface area (TPSA) is 83.5 Å². The van der Waals surface area contributed by atoms with E-state index in [1.807, 2.05) is 44.2 Å². The first-order valence-corrected chi connectivity index (χ1v) is 10.6. The molecular weight excluding hydrogens is 409 g/mol. The summed E-state index contributed by atoms with van der Waals surface area (Å²) >= 11 is 0. The number of rotatable bonds is 9. The summed E-state index contributed by atoms with van der Waals surface area (Å²) < 4.78 is 19.4. The number of amides is 1. The first-order chi connectivity index (χ1) is 15.3. The molecule has 0 fully saturated rings. The number of phenols is 1. The summed E-state index contributed by atoms with van der Waals surface area (Å²) in [6.45, 7) is 6.73. The van der Waals surface area contributed by atoms with Gasteiger partial charge in [0.2, 0.25) is 5.91 Å². The van der Waals surface area contributed by atoms with Crippen molar-refractivity contribution >= 4 is 17.4 Å². The van der Waals surface area contributed by atoms with Crippen molar-refractivity contribution < 1.29 is 19.0 Å². The number of nitrogens with one attached hydrogen (secondary N) is 2. The molecule has 3 rings (SSSR count). The van der Waals surface area contributed by atoms with Gasteiger partial charge in [0.1, 0.15) is 17.4 Å². The second-order valence-electron chi connectivity index (χ2n) is 7.75. The second-order valence-corrected chi connectivity index (χ2v) is 7.75. The van der Waals surface area contributed by atoms with Crippen LogP contribution in [0.5, 0.6) is 5.75 Å². The van der Waals surface area contributed by atoms with Gasteiger partial charge >= 0.3 is 0 Å². The fraction of sp³-hybridized carbons (Fsp3) is 0.280.